The van der Waals surface area contributed by atoms with Crippen LogP contribution in [0, 0.1) is 0 Å². The van der Waals surface area contributed by atoms with Gasteiger partial charge in [0.15, 0.2) is 0 Å². The number of rotatable bonds is 8. The molecule has 1 atom stereocenters. The molecule has 0 bridgehead atoms. The Bertz CT molecular complexity index is 292. The first-order valence-corrected chi connectivity index (χ1v) is 7.49. The molecule has 0 spiro atoms. The first-order chi connectivity index (χ1) is 8.31. The molecule has 1 aromatic carbocycles. The van der Waals surface area contributed by atoms with Crippen LogP contribution in [0.4, 0.5) is 0 Å². The summed E-state index contributed by atoms with van der Waals surface area (Å²) in [4.78, 5) is 1.31. The van der Waals surface area contributed by atoms with Gasteiger partial charge in [-0.3, -0.25) is 0 Å². The molecule has 1 N–H and O–H groups in total. The number of ether oxygens (including phenoxy) is 1. The summed E-state index contributed by atoms with van der Waals surface area (Å²) >= 11 is 1.77. The fourth-order valence-corrected chi connectivity index (χ4v) is 2.07. The van der Waals surface area contributed by atoms with Gasteiger partial charge in [0.05, 0.1) is 12.6 Å². The van der Waals surface area contributed by atoms with Crippen LogP contribution in [-0.2, 0) is 4.74 Å². The number of hydrogen-bond acceptors (Lipinski definition) is 3. The Hall–Kier alpha value is -0.510. The molecule has 0 heterocycles. The zero-order valence-electron chi connectivity index (χ0n) is 11.0. The van der Waals surface area contributed by atoms with Crippen molar-refractivity contribution < 1.29 is 4.74 Å². The minimum atomic E-state index is 0.311. The zero-order chi connectivity index (χ0) is 12.5. The van der Waals surface area contributed by atoms with Gasteiger partial charge in [-0.1, -0.05) is 19.1 Å². The number of benzene rings is 1. The van der Waals surface area contributed by atoms with Gasteiger partial charge in [-0.25, -0.2) is 0 Å². The van der Waals surface area contributed by atoms with E-state index < -0.39 is 0 Å². The third-order valence-electron chi connectivity index (χ3n) is 2.65. The molecule has 0 saturated carbocycles. The summed E-state index contributed by atoms with van der Waals surface area (Å²) in [6.07, 6.45) is 3.24. The van der Waals surface area contributed by atoms with Gasteiger partial charge >= 0.3 is 0 Å². The van der Waals surface area contributed by atoms with Crippen LogP contribution in [0.25, 0.3) is 0 Å². The Kier molecular flexibility index (Phi) is 7.33. The molecule has 2 nitrogen and oxygen atoms in total. The van der Waals surface area contributed by atoms with E-state index in [4.69, 9.17) is 4.74 Å². The van der Waals surface area contributed by atoms with Gasteiger partial charge in [-0.05, 0) is 43.8 Å². The lowest BCUT2D eigenvalue weighted by molar-refractivity contribution is 0.123. The monoisotopic (exact) mass is 253 g/mol. The highest BCUT2D eigenvalue weighted by atomic mass is 32.2. The lowest BCUT2D eigenvalue weighted by Crippen LogP contribution is -2.26. The molecule has 0 radical (unpaired) electrons. The van der Waals surface area contributed by atoms with E-state index in [9.17, 15) is 0 Å². The van der Waals surface area contributed by atoms with Crippen LogP contribution < -0.4 is 5.32 Å². The van der Waals surface area contributed by atoms with E-state index in [0.29, 0.717) is 6.04 Å². The lowest BCUT2D eigenvalue weighted by atomic mass is 10.1. The smallest absolute Gasteiger partial charge is 0.0661 e. The molecule has 0 aliphatic rings. The van der Waals surface area contributed by atoms with E-state index in [1.165, 1.54) is 10.5 Å². The van der Waals surface area contributed by atoms with Gasteiger partial charge in [-0.2, -0.15) is 0 Å². The van der Waals surface area contributed by atoms with E-state index in [-0.39, 0.29) is 0 Å². The molecule has 1 rings (SSSR count). The fraction of sp³-hybridized carbons (Fsp3) is 0.571. The largest absolute Gasteiger partial charge is 0.380 e. The predicted molar refractivity (Wildman–Crippen MR) is 75.8 cm³/mol. The average Bonchev–Trinajstić information content (AvgIpc) is 2.39. The Morgan fingerprint density at radius 1 is 1.24 bits per heavy atom. The van der Waals surface area contributed by atoms with E-state index in [1.807, 2.05) is 6.92 Å². The summed E-state index contributed by atoms with van der Waals surface area (Å²) in [5, 5.41) is 3.53. The molecule has 3 heteroatoms. The molecular weight excluding hydrogens is 230 g/mol. The normalized spacial score (nSPS) is 12.6. The van der Waals surface area contributed by atoms with Crippen molar-refractivity contribution >= 4 is 11.8 Å². The van der Waals surface area contributed by atoms with E-state index in [0.717, 1.165) is 26.2 Å². The molecule has 1 unspecified atom stereocenters. The van der Waals surface area contributed by atoms with E-state index in [2.05, 4.69) is 42.8 Å². The van der Waals surface area contributed by atoms with Crippen LogP contribution in [0.2, 0.25) is 0 Å². The average molecular weight is 253 g/mol. The molecule has 96 valence electrons. The van der Waals surface area contributed by atoms with Crippen LogP contribution in [0.3, 0.4) is 0 Å². The SMILES string of the molecule is CCCNC(COCC)c1ccc(SC)cc1. The molecule has 0 amide bonds. The van der Waals surface area contributed by atoms with Crippen molar-refractivity contribution in [3.63, 3.8) is 0 Å². The molecule has 0 aliphatic carbocycles. The third kappa shape index (κ3) is 5.11. The number of nitrogens with one attached hydrogen (secondary N) is 1. The second-order valence-electron chi connectivity index (χ2n) is 3.94. The lowest BCUT2D eigenvalue weighted by Gasteiger charge is -2.19. The van der Waals surface area contributed by atoms with Crippen molar-refractivity contribution in [2.24, 2.45) is 0 Å². The van der Waals surface area contributed by atoms with Crippen LogP contribution in [0.15, 0.2) is 29.2 Å². The summed E-state index contributed by atoms with van der Waals surface area (Å²) in [5.74, 6) is 0. The number of hydrogen-bond donors (Lipinski definition) is 1. The second kappa shape index (κ2) is 8.56. The summed E-state index contributed by atoms with van der Waals surface area (Å²) in [6, 6.07) is 9.04. The zero-order valence-corrected chi connectivity index (χ0v) is 11.8. The molecule has 1 aromatic rings. The molecule has 0 aliphatic heterocycles. The summed E-state index contributed by atoms with van der Waals surface area (Å²) in [7, 11) is 0. The van der Waals surface area contributed by atoms with Gasteiger partial charge in [0.2, 0.25) is 0 Å². The first kappa shape index (κ1) is 14.6. The van der Waals surface area contributed by atoms with Gasteiger partial charge < -0.3 is 10.1 Å². The maximum absolute atomic E-state index is 5.54. The van der Waals surface area contributed by atoms with Gasteiger partial charge in [0.1, 0.15) is 0 Å². The van der Waals surface area contributed by atoms with Crippen LogP contribution in [0.1, 0.15) is 31.9 Å². The van der Waals surface area contributed by atoms with Crippen molar-refractivity contribution in [3.05, 3.63) is 29.8 Å². The van der Waals surface area contributed by atoms with Crippen molar-refractivity contribution in [1.29, 1.82) is 0 Å². The van der Waals surface area contributed by atoms with Crippen molar-refractivity contribution in [3.8, 4) is 0 Å². The fourth-order valence-electron chi connectivity index (χ4n) is 1.66. The minimum absolute atomic E-state index is 0.311. The summed E-state index contributed by atoms with van der Waals surface area (Å²) in [5.41, 5.74) is 1.31. The summed E-state index contributed by atoms with van der Waals surface area (Å²) in [6.45, 7) is 6.76. The number of thioether (sulfide) groups is 1. The van der Waals surface area contributed by atoms with Crippen molar-refractivity contribution in [1.82, 2.24) is 5.32 Å². The predicted octanol–water partition coefficient (Wildman–Crippen LogP) is 3.49. The topological polar surface area (TPSA) is 21.3 Å². The molecular formula is C14H23NOS. The Morgan fingerprint density at radius 2 is 1.94 bits per heavy atom. The van der Waals surface area contributed by atoms with Crippen LogP contribution in [-0.4, -0.2) is 26.0 Å². The van der Waals surface area contributed by atoms with Crippen LogP contribution in [0.5, 0.6) is 0 Å². The van der Waals surface area contributed by atoms with Crippen molar-refractivity contribution in [2.45, 2.75) is 31.2 Å². The van der Waals surface area contributed by atoms with E-state index >= 15 is 0 Å². The maximum atomic E-state index is 5.54. The van der Waals surface area contributed by atoms with Gasteiger partial charge in [0, 0.05) is 11.5 Å². The Labute approximate surface area is 109 Å². The quantitative estimate of drug-likeness (QED) is 0.717. The highest BCUT2D eigenvalue weighted by Gasteiger charge is 2.10. The van der Waals surface area contributed by atoms with Gasteiger partial charge in [0.25, 0.3) is 0 Å². The van der Waals surface area contributed by atoms with Crippen molar-refractivity contribution in [2.75, 3.05) is 26.0 Å². The van der Waals surface area contributed by atoms with E-state index in [1.54, 1.807) is 11.8 Å². The Balaban J connectivity index is 2.65. The molecule has 0 fully saturated rings. The highest BCUT2D eigenvalue weighted by molar-refractivity contribution is 7.98. The first-order valence-electron chi connectivity index (χ1n) is 6.26. The minimum Gasteiger partial charge on any atom is -0.380 e. The van der Waals surface area contributed by atoms with Crippen LogP contribution >= 0.6 is 11.8 Å². The Morgan fingerprint density at radius 3 is 2.47 bits per heavy atom. The maximum Gasteiger partial charge on any atom is 0.0661 e. The standard InChI is InChI=1S/C14H23NOS/c1-4-10-15-14(11-16-5-2)12-6-8-13(17-3)9-7-12/h6-9,14-15H,4-5,10-11H2,1-3H3. The molecule has 0 aromatic heterocycles. The highest BCUT2D eigenvalue weighted by Crippen LogP contribution is 2.19. The molecule has 17 heavy (non-hydrogen) atoms. The van der Waals surface area contributed by atoms with Gasteiger partial charge in [-0.15, -0.1) is 11.8 Å². The second-order valence-corrected chi connectivity index (χ2v) is 4.82. The molecule has 0 saturated heterocycles. The summed E-state index contributed by atoms with van der Waals surface area (Å²) < 4.78 is 5.54. The third-order valence-corrected chi connectivity index (χ3v) is 3.39.